The minimum Gasteiger partial charge on any atom is -0.393 e. The lowest BCUT2D eigenvalue weighted by molar-refractivity contribution is -0.131. The van der Waals surface area contributed by atoms with Crippen molar-refractivity contribution >= 4 is 11.8 Å². The van der Waals surface area contributed by atoms with Gasteiger partial charge in [0.2, 0.25) is 5.91 Å². The fraction of sp³-hybridized carbons (Fsp3) is 0.417. The highest BCUT2D eigenvalue weighted by Gasteiger charge is 2.33. The molecule has 1 aromatic heterocycles. The van der Waals surface area contributed by atoms with Crippen molar-refractivity contribution in [2.75, 3.05) is 6.54 Å². The number of aliphatic hydroxyl groups excluding tert-OH is 1. The van der Waals surface area contributed by atoms with E-state index in [0.717, 1.165) is 18.1 Å². The highest BCUT2D eigenvalue weighted by Crippen LogP contribution is 2.24. The lowest BCUT2D eigenvalue weighted by Gasteiger charge is -2.23. The zero-order chi connectivity index (χ0) is 22.7. The molecule has 0 aliphatic rings. The molecular formula is C24H31FN3O3. The number of halogens is 1. The molecule has 0 saturated carbocycles. The molecule has 2 amide bonds. The quantitative estimate of drug-likeness (QED) is 0.456. The van der Waals surface area contributed by atoms with Crippen LogP contribution in [0.15, 0.2) is 54.9 Å². The van der Waals surface area contributed by atoms with Crippen molar-refractivity contribution in [1.82, 2.24) is 10.3 Å². The first-order valence-corrected chi connectivity index (χ1v) is 10.5. The van der Waals surface area contributed by atoms with Crippen molar-refractivity contribution < 1.29 is 19.1 Å². The number of nitrogens with zero attached hydrogens (tertiary/aromatic N) is 1. The zero-order valence-electron chi connectivity index (χ0n) is 17.8. The number of aromatic nitrogens is 1. The predicted molar refractivity (Wildman–Crippen MR) is 117 cm³/mol. The average Bonchev–Trinajstić information content (AvgIpc) is 2.76. The molecule has 7 heteroatoms. The fourth-order valence-corrected chi connectivity index (χ4v) is 3.22. The number of benzene rings is 1. The smallest absolute Gasteiger partial charge is 0.254 e. The van der Waals surface area contributed by atoms with Gasteiger partial charge < -0.3 is 16.2 Å². The minimum absolute atomic E-state index is 0.104. The second kappa shape index (κ2) is 12.2. The average molecular weight is 429 g/mol. The van der Waals surface area contributed by atoms with E-state index in [1.807, 2.05) is 42.5 Å². The number of pyridine rings is 1. The molecule has 167 valence electrons. The molecule has 4 N–H and O–H groups in total. The van der Waals surface area contributed by atoms with Gasteiger partial charge in [0, 0.05) is 24.9 Å². The zero-order valence-corrected chi connectivity index (χ0v) is 17.8. The maximum Gasteiger partial charge on any atom is 0.254 e. The van der Waals surface area contributed by atoms with Crippen LogP contribution in [0.3, 0.4) is 0 Å². The van der Waals surface area contributed by atoms with Gasteiger partial charge in [0.15, 0.2) is 5.67 Å². The number of rotatable bonds is 13. The molecular weight excluding hydrogens is 397 g/mol. The Kier molecular flexibility index (Phi) is 9.59. The first-order valence-electron chi connectivity index (χ1n) is 10.5. The molecule has 1 radical (unpaired) electrons. The molecule has 6 nitrogen and oxygen atoms in total. The van der Waals surface area contributed by atoms with E-state index in [1.54, 1.807) is 18.8 Å². The van der Waals surface area contributed by atoms with Crippen LogP contribution >= 0.6 is 0 Å². The summed E-state index contributed by atoms with van der Waals surface area (Å²) in [5, 5.41) is 13.3. The van der Waals surface area contributed by atoms with E-state index in [4.69, 9.17) is 5.73 Å². The van der Waals surface area contributed by atoms with Crippen LogP contribution in [-0.4, -0.2) is 40.2 Å². The third-order valence-electron chi connectivity index (χ3n) is 5.30. The van der Waals surface area contributed by atoms with E-state index in [-0.39, 0.29) is 25.2 Å². The van der Waals surface area contributed by atoms with Gasteiger partial charge in [-0.3, -0.25) is 14.6 Å². The molecule has 1 aromatic carbocycles. The molecule has 0 aliphatic heterocycles. The molecule has 0 fully saturated rings. The summed E-state index contributed by atoms with van der Waals surface area (Å²) < 4.78 is 14.3. The van der Waals surface area contributed by atoms with Gasteiger partial charge in [0.25, 0.3) is 5.91 Å². The number of carbonyl (C=O) groups is 2. The van der Waals surface area contributed by atoms with Gasteiger partial charge >= 0.3 is 0 Å². The highest BCUT2D eigenvalue weighted by molar-refractivity contribution is 5.83. The Hall–Kier alpha value is -2.80. The van der Waals surface area contributed by atoms with Crippen LogP contribution in [0.25, 0.3) is 0 Å². The molecule has 3 atom stereocenters. The maximum absolute atomic E-state index is 14.3. The Morgan fingerprint density at radius 3 is 2.52 bits per heavy atom. The minimum atomic E-state index is -2.20. The van der Waals surface area contributed by atoms with Crippen molar-refractivity contribution in [3.8, 4) is 0 Å². The summed E-state index contributed by atoms with van der Waals surface area (Å²) >= 11 is 0. The van der Waals surface area contributed by atoms with Crippen molar-refractivity contribution in [1.29, 1.82) is 0 Å². The standard InChI is InChI=1S/C24H31FN3O3/c1-24(25,23(26)31)13-9-20(17-21(29)8-7-18-5-3-2-4-6-18)22(30)28-16-12-19-10-14-27-15-11-19/h2-6,8,10-11,14-15,20-21,29H,7,9,12-13,16-17H2,1H3,(H2,26,31)(H,28,30)/t20-,21+,24?/m1/s1. The van der Waals surface area contributed by atoms with Gasteiger partial charge in [0.1, 0.15) is 0 Å². The van der Waals surface area contributed by atoms with Crippen molar-refractivity contribution in [2.45, 2.75) is 50.8 Å². The van der Waals surface area contributed by atoms with Gasteiger partial charge in [0.05, 0.1) is 6.10 Å². The van der Waals surface area contributed by atoms with E-state index < -0.39 is 23.6 Å². The molecule has 1 heterocycles. The van der Waals surface area contributed by atoms with Crippen LogP contribution in [0.5, 0.6) is 0 Å². The number of alkyl halides is 1. The SMILES string of the molecule is CC(F)(CC[C@H](C[C@@H](O)[CH]Cc1ccccc1)C(=O)NCCc1ccncc1)C(N)=O. The number of carbonyl (C=O) groups excluding carboxylic acids is 2. The van der Waals surface area contributed by atoms with Crippen LogP contribution in [0.2, 0.25) is 0 Å². The summed E-state index contributed by atoms with van der Waals surface area (Å²) in [6.07, 6.45) is 5.51. The van der Waals surface area contributed by atoms with Gasteiger partial charge in [-0.1, -0.05) is 30.3 Å². The molecule has 2 aromatic rings. The Labute approximate surface area is 183 Å². The maximum atomic E-state index is 14.3. The van der Waals surface area contributed by atoms with E-state index in [1.165, 1.54) is 0 Å². The molecule has 1 unspecified atom stereocenters. The number of hydrogen-bond acceptors (Lipinski definition) is 4. The topological polar surface area (TPSA) is 105 Å². The Bertz CT molecular complexity index is 815. The van der Waals surface area contributed by atoms with Crippen LogP contribution in [0, 0.1) is 12.3 Å². The van der Waals surface area contributed by atoms with E-state index in [9.17, 15) is 19.1 Å². The van der Waals surface area contributed by atoms with Crippen molar-refractivity contribution in [3.63, 3.8) is 0 Å². The van der Waals surface area contributed by atoms with E-state index >= 15 is 0 Å². The third kappa shape index (κ3) is 8.84. The highest BCUT2D eigenvalue weighted by atomic mass is 19.1. The number of nitrogens with two attached hydrogens (primary N) is 1. The van der Waals surface area contributed by atoms with E-state index in [2.05, 4.69) is 10.3 Å². The number of amides is 2. The normalized spacial score (nSPS) is 14.9. The molecule has 2 rings (SSSR count). The van der Waals surface area contributed by atoms with Gasteiger partial charge in [-0.05, 0) is 68.7 Å². The first-order chi connectivity index (χ1) is 14.8. The number of hydrogen-bond donors (Lipinski definition) is 3. The Morgan fingerprint density at radius 2 is 1.87 bits per heavy atom. The van der Waals surface area contributed by atoms with Crippen LogP contribution in [0.1, 0.15) is 37.3 Å². The van der Waals surface area contributed by atoms with Crippen LogP contribution in [-0.2, 0) is 22.4 Å². The lowest BCUT2D eigenvalue weighted by Crippen LogP contribution is -2.39. The van der Waals surface area contributed by atoms with Gasteiger partial charge in [-0.25, -0.2) is 4.39 Å². The third-order valence-corrected chi connectivity index (χ3v) is 5.30. The molecule has 31 heavy (non-hydrogen) atoms. The summed E-state index contributed by atoms with van der Waals surface area (Å²) in [5.41, 5.74) is 5.00. The first kappa shape index (κ1) is 24.5. The van der Waals surface area contributed by atoms with Crippen molar-refractivity contribution in [3.05, 3.63) is 72.4 Å². The second-order valence-corrected chi connectivity index (χ2v) is 7.92. The summed E-state index contributed by atoms with van der Waals surface area (Å²) in [7, 11) is 0. The van der Waals surface area contributed by atoms with E-state index in [0.29, 0.717) is 19.4 Å². The van der Waals surface area contributed by atoms with Crippen LogP contribution in [0.4, 0.5) is 4.39 Å². The Morgan fingerprint density at radius 1 is 1.19 bits per heavy atom. The summed E-state index contributed by atoms with van der Waals surface area (Å²) in [4.78, 5) is 28.0. The number of aliphatic hydroxyl groups is 1. The summed E-state index contributed by atoms with van der Waals surface area (Å²) in [6, 6.07) is 13.4. The van der Waals surface area contributed by atoms with Crippen LogP contribution < -0.4 is 11.1 Å². The molecule has 0 bridgehead atoms. The number of nitrogens with one attached hydrogen (secondary N) is 1. The second-order valence-electron chi connectivity index (χ2n) is 7.92. The predicted octanol–water partition coefficient (Wildman–Crippen LogP) is 2.55. The molecule has 0 saturated heterocycles. The van der Waals surface area contributed by atoms with Crippen molar-refractivity contribution in [2.24, 2.45) is 11.7 Å². The number of primary amides is 1. The Balaban J connectivity index is 1.92. The van der Waals surface area contributed by atoms with Gasteiger partial charge in [-0.15, -0.1) is 0 Å². The fourth-order valence-electron chi connectivity index (χ4n) is 3.22. The summed E-state index contributed by atoms with van der Waals surface area (Å²) in [6.45, 7) is 1.53. The summed E-state index contributed by atoms with van der Waals surface area (Å²) in [5.74, 6) is -1.98. The van der Waals surface area contributed by atoms with Gasteiger partial charge in [-0.2, -0.15) is 0 Å². The monoisotopic (exact) mass is 428 g/mol. The molecule has 0 spiro atoms. The molecule has 0 aliphatic carbocycles. The largest absolute Gasteiger partial charge is 0.393 e. The lowest BCUT2D eigenvalue weighted by atomic mass is 9.88.